The van der Waals surface area contributed by atoms with Crippen molar-refractivity contribution in [3.05, 3.63) is 59.5 Å². The molecule has 0 saturated heterocycles. The second-order valence-corrected chi connectivity index (χ2v) is 6.09. The maximum atomic E-state index is 5.37. The first kappa shape index (κ1) is 15.2. The zero-order valence-corrected chi connectivity index (χ0v) is 13.7. The quantitative estimate of drug-likeness (QED) is 0.604. The lowest BCUT2D eigenvalue weighted by Crippen LogP contribution is -2.03. The number of benzene rings is 1. The first-order chi connectivity index (χ1) is 12.3. The molecule has 4 rings (SSSR count). The molecule has 2 heterocycles. The Kier molecular flexibility index (Phi) is 4.05. The van der Waals surface area contributed by atoms with Crippen molar-refractivity contribution in [2.75, 3.05) is 10.6 Å². The van der Waals surface area contributed by atoms with Gasteiger partial charge in [-0.2, -0.15) is 5.10 Å². The van der Waals surface area contributed by atoms with E-state index < -0.39 is 0 Å². The number of aromatic nitrogens is 4. The molecule has 0 radical (unpaired) electrons. The van der Waals surface area contributed by atoms with Crippen molar-refractivity contribution < 1.29 is 0 Å². The summed E-state index contributed by atoms with van der Waals surface area (Å²) in [5, 5.41) is 13.8. The lowest BCUT2D eigenvalue weighted by Gasteiger charge is -2.07. The molecule has 124 valence electrons. The Labute approximate surface area is 146 Å². The zero-order valence-electron chi connectivity index (χ0n) is 13.7. The fraction of sp³-hybridized carbons (Fsp3) is 0.211. The Bertz CT molecular complexity index is 902. The summed E-state index contributed by atoms with van der Waals surface area (Å²) >= 11 is 0. The van der Waals surface area contributed by atoms with Gasteiger partial charge in [0.25, 0.3) is 0 Å². The minimum absolute atomic E-state index is 0.645. The highest BCUT2D eigenvalue weighted by atomic mass is 15.2. The smallest absolute Gasteiger partial charge is 0.153 e. The van der Waals surface area contributed by atoms with Crippen molar-refractivity contribution in [1.82, 2.24) is 20.2 Å². The minimum Gasteiger partial charge on any atom is -0.366 e. The standard InChI is InChI=1S/C19H18N6/c1-2-13-3-5-14(6-4-13)11-20-17-10-18(22-12-21-17)23-19-9-16(24-25-19)15-7-8-15/h1,3-6,9-10,12,15H,7-8,11H2,(H3,20,21,22,23,24,25). The number of anilines is 3. The molecule has 0 aliphatic heterocycles. The van der Waals surface area contributed by atoms with Crippen molar-refractivity contribution in [1.29, 1.82) is 0 Å². The van der Waals surface area contributed by atoms with Crippen LogP contribution in [-0.4, -0.2) is 20.2 Å². The van der Waals surface area contributed by atoms with E-state index in [0.29, 0.717) is 18.3 Å². The monoisotopic (exact) mass is 330 g/mol. The van der Waals surface area contributed by atoms with Crippen molar-refractivity contribution in [2.45, 2.75) is 25.3 Å². The molecule has 6 nitrogen and oxygen atoms in total. The van der Waals surface area contributed by atoms with Crippen LogP contribution in [0.5, 0.6) is 0 Å². The summed E-state index contributed by atoms with van der Waals surface area (Å²) in [6, 6.07) is 11.8. The van der Waals surface area contributed by atoms with Crippen LogP contribution in [0.3, 0.4) is 0 Å². The van der Waals surface area contributed by atoms with Gasteiger partial charge in [-0.3, -0.25) is 5.10 Å². The summed E-state index contributed by atoms with van der Waals surface area (Å²) in [4.78, 5) is 8.49. The lowest BCUT2D eigenvalue weighted by molar-refractivity contribution is 0.966. The third kappa shape index (κ3) is 3.78. The molecule has 0 amide bonds. The van der Waals surface area contributed by atoms with Crippen LogP contribution in [0.25, 0.3) is 0 Å². The van der Waals surface area contributed by atoms with Crippen LogP contribution in [-0.2, 0) is 6.54 Å². The van der Waals surface area contributed by atoms with Crippen LogP contribution in [0.4, 0.5) is 17.5 Å². The van der Waals surface area contributed by atoms with Gasteiger partial charge >= 0.3 is 0 Å². The summed E-state index contributed by atoms with van der Waals surface area (Å²) < 4.78 is 0. The van der Waals surface area contributed by atoms with E-state index in [1.807, 2.05) is 36.4 Å². The SMILES string of the molecule is C#Cc1ccc(CNc2cc(Nc3cc(C4CC4)[nH]n3)ncn2)cc1. The van der Waals surface area contributed by atoms with E-state index in [1.54, 1.807) is 0 Å². The fourth-order valence-corrected chi connectivity index (χ4v) is 2.57. The minimum atomic E-state index is 0.645. The van der Waals surface area contributed by atoms with Gasteiger partial charge < -0.3 is 10.6 Å². The summed E-state index contributed by atoms with van der Waals surface area (Å²) in [6.07, 6.45) is 9.38. The number of rotatable bonds is 6. The number of terminal acetylenes is 1. The average molecular weight is 330 g/mol. The molecule has 1 aliphatic rings. The van der Waals surface area contributed by atoms with Crippen LogP contribution >= 0.6 is 0 Å². The van der Waals surface area contributed by atoms with E-state index in [9.17, 15) is 0 Å². The number of H-pyrrole nitrogens is 1. The van der Waals surface area contributed by atoms with Gasteiger partial charge in [0, 0.05) is 35.9 Å². The normalized spacial score (nSPS) is 13.2. The Morgan fingerprint density at radius 1 is 1.08 bits per heavy atom. The van der Waals surface area contributed by atoms with E-state index in [2.05, 4.69) is 36.7 Å². The average Bonchev–Trinajstić information content (AvgIpc) is 3.40. The van der Waals surface area contributed by atoms with Crippen LogP contribution < -0.4 is 10.6 Å². The molecule has 1 fully saturated rings. The van der Waals surface area contributed by atoms with Gasteiger partial charge in [-0.25, -0.2) is 9.97 Å². The highest BCUT2D eigenvalue weighted by Gasteiger charge is 2.25. The second-order valence-electron chi connectivity index (χ2n) is 6.09. The lowest BCUT2D eigenvalue weighted by atomic mass is 10.1. The molecule has 6 heteroatoms. The third-order valence-electron chi connectivity index (χ3n) is 4.13. The number of aromatic amines is 1. The van der Waals surface area contributed by atoms with Gasteiger partial charge in [0.05, 0.1) is 0 Å². The molecule has 0 spiro atoms. The molecule has 3 N–H and O–H groups in total. The van der Waals surface area contributed by atoms with E-state index in [0.717, 1.165) is 22.8 Å². The Morgan fingerprint density at radius 3 is 2.64 bits per heavy atom. The second kappa shape index (κ2) is 6.65. The predicted octanol–water partition coefficient (Wildman–Crippen LogP) is 3.41. The molecule has 2 aromatic heterocycles. The Hall–Kier alpha value is -3.33. The predicted molar refractivity (Wildman–Crippen MR) is 97.6 cm³/mol. The summed E-state index contributed by atoms with van der Waals surface area (Å²) in [7, 11) is 0. The van der Waals surface area contributed by atoms with E-state index >= 15 is 0 Å². The topological polar surface area (TPSA) is 78.5 Å². The molecule has 1 saturated carbocycles. The van der Waals surface area contributed by atoms with Crippen LogP contribution in [0, 0.1) is 12.3 Å². The molecular weight excluding hydrogens is 312 g/mol. The van der Waals surface area contributed by atoms with Gasteiger partial charge in [0.15, 0.2) is 5.82 Å². The van der Waals surface area contributed by atoms with Gasteiger partial charge in [0.1, 0.15) is 18.0 Å². The van der Waals surface area contributed by atoms with E-state index in [1.165, 1.54) is 24.9 Å². The van der Waals surface area contributed by atoms with E-state index in [-0.39, 0.29) is 0 Å². The maximum absolute atomic E-state index is 5.37. The molecule has 1 aromatic carbocycles. The molecule has 0 bridgehead atoms. The molecule has 3 aromatic rings. The van der Waals surface area contributed by atoms with Crippen LogP contribution in [0.2, 0.25) is 0 Å². The van der Waals surface area contributed by atoms with Crippen molar-refractivity contribution in [3.63, 3.8) is 0 Å². The Morgan fingerprint density at radius 2 is 1.88 bits per heavy atom. The molecule has 25 heavy (non-hydrogen) atoms. The van der Waals surface area contributed by atoms with Crippen LogP contribution in [0.1, 0.15) is 35.6 Å². The van der Waals surface area contributed by atoms with Gasteiger partial charge in [-0.1, -0.05) is 18.1 Å². The summed E-state index contributed by atoms with van der Waals surface area (Å²) in [6.45, 7) is 0.662. The number of nitrogens with zero attached hydrogens (tertiary/aromatic N) is 3. The van der Waals surface area contributed by atoms with Crippen molar-refractivity contribution in [2.24, 2.45) is 0 Å². The van der Waals surface area contributed by atoms with E-state index in [4.69, 9.17) is 6.42 Å². The highest BCUT2D eigenvalue weighted by molar-refractivity contribution is 5.56. The van der Waals surface area contributed by atoms with Crippen molar-refractivity contribution in [3.8, 4) is 12.3 Å². The molecular formula is C19H18N6. The highest BCUT2D eigenvalue weighted by Crippen LogP contribution is 2.39. The Balaban J connectivity index is 1.39. The van der Waals surface area contributed by atoms with Gasteiger partial charge in [0.2, 0.25) is 0 Å². The zero-order chi connectivity index (χ0) is 17.1. The van der Waals surface area contributed by atoms with Gasteiger partial charge in [-0.15, -0.1) is 6.42 Å². The maximum Gasteiger partial charge on any atom is 0.153 e. The van der Waals surface area contributed by atoms with Crippen molar-refractivity contribution >= 4 is 17.5 Å². The summed E-state index contributed by atoms with van der Waals surface area (Å²) in [5.74, 6) is 5.48. The number of hydrogen-bond donors (Lipinski definition) is 3. The van der Waals surface area contributed by atoms with Gasteiger partial charge in [-0.05, 0) is 30.5 Å². The molecule has 1 aliphatic carbocycles. The molecule has 0 atom stereocenters. The first-order valence-electron chi connectivity index (χ1n) is 8.24. The molecule has 0 unspecified atom stereocenters. The fourth-order valence-electron chi connectivity index (χ4n) is 2.57. The number of nitrogens with one attached hydrogen (secondary N) is 3. The van der Waals surface area contributed by atoms with Crippen LogP contribution in [0.15, 0.2) is 42.7 Å². The third-order valence-corrected chi connectivity index (χ3v) is 4.13. The number of hydrogen-bond acceptors (Lipinski definition) is 5. The summed E-state index contributed by atoms with van der Waals surface area (Å²) in [5.41, 5.74) is 3.20. The largest absolute Gasteiger partial charge is 0.366 e. The first-order valence-corrected chi connectivity index (χ1v) is 8.24.